The van der Waals surface area contributed by atoms with E-state index in [9.17, 15) is 4.79 Å². The minimum absolute atomic E-state index is 0.220. The van der Waals surface area contributed by atoms with Crippen LogP contribution in [0, 0.1) is 5.92 Å². The molecule has 0 atom stereocenters. The zero-order valence-corrected chi connectivity index (χ0v) is 10.1. The number of thiophene rings is 1. The first-order chi connectivity index (χ1) is 7.79. The van der Waals surface area contributed by atoms with Crippen molar-refractivity contribution in [1.82, 2.24) is 4.90 Å². The molecule has 0 bridgehead atoms. The highest BCUT2D eigenvalue weighted by atomic mass is 32.1. The molecule has 2 rings (SSSR count). The minimum atomic E-state index is 0.220. The van der Waals surface area contributed by atoms with Crippen LogP contribution in [0.1, 0.15) is 22.5 Å². The van der Waals surface area contributed by atoms with Gasteiger partial charge in [0.1, 0.15) is 0 Å². The number of aliphatic hydroxyl groups is 1. The fraction of sp³-hybridized carbons (Fsp3) is 0.583. The molecular weight excluding hydrogens is 222 g/mol. The lowest BCUT2D eigenvalue weighted by Gasteiger charge is -2.30. The van der Waals surface area contributed by atoms with E-state index in [1.54, 1.807) is 0 Å². The molecule has 0 amide bonds. The maximum absolute atomic E-state index is 11.8. The molecule has 0 saturated carbocycles. The molecule has 1 aliphatic rings. The van der Waals surface area contributed by atoms with Crippen molar-refractivity contribution in [2.45, 2.75) is 12.8 Å². The van der Waals surface area contributed by atoms with Gasteiger partial charge >= 0.3 is 0 Å². The number of likely N-dealkylation sites (tertiary alicyclic amines) is 1. The van der Waals surface area contributed by atoms with Gasteiger partial charge in [-0.05, 0) is 43.3 Å². The number of hydrogen-bond donors (Lipinski definition) is 1. The first-order valence-corrected chi connectivity index (χ1v) is 6.57. The number of piperidine rings is 1. The van der Waals surface area contributed by atoms with Crippen LogP contribution >= 0.6 is 11.3 Å². The summed E-state index contributed by atoms with van der Waals surface area (Å²) in [6.45, 7) is 2.68. The number of ketones is 1. The molecule has 1 saturated heterocycles. The molecular formula is C12H17NO2S. The molecule has 88 valence electrons. The van der Waals surface area contributed by atoms with Crippen LogP contribution in [0.15, 0.2) is 17.5 Å². The lowest BCUT2D eigenvalue weighted by molar-refractivity contribution is 0.0868. The Kier molecular flexibility index (Phi) is 4.09. The van der Waals surface area contributed by atoms with Crippen LogP contribution in [0.3, 0.4) is 0 Å². The molecule has 1 aromatic rings. The molecule has 1 aliphatic heterocycles. The van der Waals surface area contributed by atoms with Gasteiger partial charge in [0.05, 0.1) is 11.4 Å². The average Bonchev–Trinajstić information content (AvgIpc) is 2.83. The first-order valence-electron chi connectivity index (χ1n) is 5.69. The Morgan fingerprint density at radius 1 is 1.50 bits per heavy atom. The summed E-state index contributed by atoms with van der Waals surface area (Å²) < 4.78 is 0. The molecule has 0 spiro atoms. The monoisotopic (exact) mass is 239 g/mol. The van der Waals surface area contributed by atoms with Gasteiger partial charge in [-0.1, -0.05) is 6.07 Å². The minimum Gasteiger partial charge on any atom is -0.396 e. The summed E-state index contributed by atoms with van der Waals surface area (Å²) in [6.07, 6.45) is 2.02. The second kappa shape index (κ2) is 5.57. The molecule has 1 fully saturated rings. The van der Waals surface area contributed by atoms with Gasteiger partial charge < -0.3 is 5.11 Å². The molecule has 1 N–H and O–H groups in total. The molecule has 2 heterocycles. The Morgan fingerprint density at radius 2 is 2.25 bits per heavy atom. The number of nitrogens with zero attached hydrogens (tertiary/aromatic N) is 1. The van der Waals surface area contributed by atoms with Gasteiger partial charge in [-0.25, -0.2) is 0 Å². The van der Waals surface area contributed by atoms with E-state index in [4.69, 9.17) is 5.11 Å². The van der Waals surface area contributed by atoms with Crippen molar-refractivity contribution in [3.8, 4) is 0 Å². The SMILES string of the molecule is O=C(CN1CCC(CO)CC1)c1cccs1. The van der Waals surface area contributed by atoms with Crippen LogP contribution in [-0.2, 0) is 0 Å². The summed E-state index contributed by atoms with van der Waals surface area (Å²) in [7, 11) is 0. The predicted octanol–water partition coefficient (Wildman–Crippen LogP) is 1.64. The summed E-state index contributed by atoms with van der Waals surface area (Å²) in [6, 6.07) is 3.80. The topological polar surface area (TPSA) is 40.5 Å². The van der Waals surface area contributed by atoms with E-state index in [2.05, 4.69) is 4.90 Å². The van der Waals surface area contributed by atoms with Crippen LogP contribution < -0.4 is 0 Å². The second-order valence-electron chi connectivity index (χ2n) is 4.30. The number of Topliss-reactive ketones (excluding diaryl/α,β-unsaturated/α-hetero) is 1. The Hall–Kier alpha value is -0.710. The van der Waals surface area contributed by atoms with E-state index in [1.165, 1.54) is 11.3 Å². The molecule has 1 aromatic heterocycles. The van der Waals surface area contributed by atoms with Crippen LogP contribution in [-0.4, -0.2) is 42.0 Å². The lowest BCUT2D eigenvalue weighted by Crippen LogP contribution is -2.38. The van der Waals surface area contributed by atoms with Gasteiger partial charge in [-0.3, -0.25) is 9.69 Å². The zero-order valence-electron chi connectivity index (χ0n) is 9.26. The van der Waals surface area contributed by atoms with Crippen molar-refractivity contribution in [3.63, 3.8) is 0 Å². The predicted molar refractivity (Wildman–Crippen MR) is 64.9 cm³/mol. The smallest absolute Gasteiger partial charge is 0.186 e. The zero-order chi connectivity index (χ0) is 11.4. The number of hydrogen-bond acceptors (Lipinski definition) is 4. The third-order valence-electron chi connectivity index (χ3n) is 3.13. The third kappa shape index (κ3) is 2.90. The summed E-state index contributed by atoms with van der Waals surface area (Å²) in [4.78, 5) is 14.9. The van der Waals surface area contributed by atoms with Crippen molar-refractivity contribution >= 4 is 17.1 Å². The largest absolute Gasteiger partial charge is 0.396 e. The first kappa shape index (κ1) is 11.8. The normalized spacial score (nSPS) is 18.8. The fourth-order valence-corrected chi connectivity index (χ4v) is 2.70. The third-order valence-corrected chi connectivity index (χ3v) is 4.04. The summed E-state index contributed by atoms with van der Waals surface area (Å²) >= 11 is 1.51. The fourth-order valence-electron chi connectivity index (χ4n) is 2.05. The van der Waals surface area contributed by atoms with Crippen molar-refractivity contribution in [2.75, 3.05) is 26.2 Å². The summed E-state index contributed by atoms with van der Waals surface area (Å²) in [5.41, 5.74) is 0. The van der Waals surface area contributed by atoms with E-state index >= 15 is 0 Å². The van der Waals surface area contributed by atoms with Gasteiger partial charge in [0.2, 0.25) is 0 Å². The Labute approximate surface area is 99.7 Å². The molecule has 0 unspecified atom stereocenters. The highest BCUT2D eigenvalue weighted by molar-refractivity contribution is 7.12. The number of aliphatic hydroxyl groups excluding tert-OH is 1. The molecule has 0 aliphatic carbocycles. The van der Waals surface area contributed by atoms with Gasteiger partial charge in [-0.2, -0.15) is 0 Å². The standard InChI is InChI=1S/C12H17NO2S/c14-9-10-3-5-13(6-4-10)8-11(15)12-2-1-7-16-12/h1-2,7,10,14H,3-6,8-9H2. The van der Waals surface area contributed by atoms with Crippen molar-refractivity contribution in [2.24, 2.45) is 5.92 Å². The van der Waals surface area contributed by atoms with Gasteiger partial charge in [0.15, 0.2) is 5.78 Å². The average molecular weight is 239 g/mol. The van der Waals surface area contributed by atoms with E-state index < -0.39 is 0 Å². The molecule has 0 radical (unpaired) electrons. The van der Waals surface area contributed by atoms with E-state index in [1.807, 2.05) is 17.5 Å². The lowest BCUT2D eigenvalue weighted by atomic mass is 9.98. The van der Waals surface area contributed by atoms with Gasteiger partial charge in [0, 0.05) is 6.61 Å². The van der Waals surface area contributed by atoms with Crippen molar-refractivity contribution < 1.29 is 9.90 Å². The van der Waals surface area contributed by atoms with Crippen molar-refractivity contribution in [3.05, 3.63) is 22.4 Å². The van der Waals surface area contributed by atoms with Crippen LogP contribution in [0.4, 0.5) is 0 Å². The van der Waals surface area contributed by atoms with E-state index in [0.717, 1.165) is 30.8 Å². The number of carbonyl (C=O) groups is 1. The Balaban J connectivity index is 1.81. The molecule has 4 heteroatoms. The highest BCUT2D eigenvalue weighted by Crippen LogP contribution is 2.17. The quantitative estimate of drug-likeness (QED) is 0.812. The van der Waals surface area contributed by atoms with Crippen LogP contribution in [0.2, 0.25) is 0 Å². The van der Waals surface area contributed by atoms with E-state index in [-0.39, 0.29) is 12.4 Å². The second-order valence-corrected chi connectivity index (χ2v) is 5.25. The molecule has 0 aromatic carbocycles. The van der Waals surface area contributed by atoms with Crippen molar-refractivity contribution in [1.29, 1.82) is 0 Å². The number of carbonyl (C=O) groups excluding carboxylic acids is 1. The van der Waals surface area contributed by atoms with E-state index in [0.29, 0.717) is 12.5 Å². The Bertz CT molecular complexity index is 329. The van der Waals surface area contributed by atoms with Crippen LogP contribution in [0.25, 0.3) is 0 Å². The Morgan fingerprint density at radius 3 is 2.81 bits per heavy atom. The van der Waals surface area contributed by atoms with Gasteiger partial charge in [-0.15, -0.1) is 11.3 Å². The maximum Gasteiger partial charge on any atom is 0.186 e. The van der Waals surface area contributed by atoms with Crippen LogP contribution in [0.5, 0.6) is 0 Å². The highest BCUT2D eigenvalue weighted by Gasteiger charge is 2.20. The molecule has 3 nitrogen and oxygen atoms in total. The number of rotatable bonds is 4. The summed E-state index contributed by atoms with van der Waals surface area (Å²) in [5.74, 6) is 0.658. The maximum atomic E-state index is 11.8. The molecule has 16 heavy (non-hydrogen) atoms. The summed E-state index contributed by atoms with van der Waals surface area (Å²) in [5, 5.41) is 11.0. The van der Waals surface area contributed by atoms with Gasteiger partial charge in [0.25, 0.3) is 0 Å².